The highest BCUT2D eigenvalue weighted by atomic mass is 16.4. The monoisotopic (exact) mass is 254 g/mol. The van der Waals surface area contributed by atoms with E-state index in [0.29, 0.717) is 37.0 Å². The van der Waals surface area contributed by atoms with E-state index in [2.05, 4.69) is 29.4 Å². The van der Waals surface area contributed by atoms with E-state index in [0.717, 1.165) is 19.4 Å². The zero-order valence-electron chi connectivity index (χ0n) is 11.1. The summed E-state index contributed by atoms with van der Waals surface area (Å²) in [6.45, 7) is 6.51. The van der Waals surface area contributed by atoms with Gasteiger partial charge in [0, 0.05) is 12.6 Å². The number of aliphatic hydroxyl groups excluding tert-OH is 1. The van der Waals surface area contributed by atoms with Crippen molar-refractivity contribution in [1.82, 2.24) is 15.5 Å². The van der Waals surface area contributed by atoms with Gasteiger partial charge in [0.1, 0.15) is 0 Å². The smallest absolute Gasteiger partial charge is 0.318 e. The fourth-order valence-corrected chi connectivity index (χ4v) is 1.83. The standard InChI is InChI=1S/C12H22N4O2/c1-9(2)7-13-8-11-14-15-12(18-11)16(5-6-17)10-3-4-10/h9-10,13,17H,3-8H2,1-2H3. The molecule has 1 aliphatic carbocycles. The zero-order chi connectivity index (χ0) is 13.0. The molecule has 0 bridgehead atoms. The molecule has 0 radical (unpaired) electrons. The lowest BCUT2D eigenvalue weighted by Gasteiger charge is -2.17. The maximum Gasteiger partial charge on any atom is 0.318 e. The van der Waals surface area contributed by atoms with Crippen molar-refractivity contribution in [2.45, 2.75) is 39.3 Å². The van der Waals surface area contributed by atoms with Crippen LogP contribution in [0, 0.1) is 5.92 Å². The minimum Gasteiger partial charge on any atom is -0.407 e. The van der Waals surface area contributed by atoms with E-state index in [1.165, 1.54) is 0 Å². The van der Waals surface area contributed by atoms with E-state index >= 15 is 0 Å². The van der Waals surface area contributed by atoms with Gasteiger partial charge in [0.05, 0.1) is 13.2 Å². The number of aliphatic hydroxyl groups is 1. The van der Waals surface area contributed by atoms with Crippen LogP contribution in [0.4, 0.5) is 6.01 Å². The molecule has 1 fully saturated rings. The van der Waals surface area contributed by atoms with Gasteiger partial charge in [-0.05, 0) is 25.3 Å². The van der Waals surface area contributed by atoms with Gasteiger partial charge in [0.2, 0.25) is 5.89 Å². The lowest BCUT2D eigenvalue weighted by atomic mass is 10.2. The molecule has 2 N–H and O–H groups in total. The van der Waals surface area contributed by atoms with Crippen molar-refractivity contribution in [3.05, 3.63) is 5.89 Å². The van der Waals surface area contributed by atoms with Crippen LogP contribution < -0.4 is 10.2 Å². The average molecular weight is 254 g/mol. The Morgan fingerprint density at radius 3 is 2.83 bits per heavy atom. The Morgan fingerprint density at radius 2 is 2.22 bits per heavy atom. The SMILES string of the molecule is CC(C)CNCc1nnc(N(CCO)C2CC2)o1. The first-order valence-electron chi connectivity index (χ1n) is 6.61. The lowest BCUT2D eigenvalue weighted by molar-refractivity contribution is 0.297. The van der Waals surface area contributed by atoms with E-state index in [-0.39, 0.29) is 6.61 Å². The second-order valence-corrected chi connectivity index (χ2v) is 5.15. The van der Waals surface area contributed by atoms with Crippen LogP contribution in [0.1, 0.15) is 32.6 Å². The molecule has 2 rings (SSSR count). The molecule has 0 amide bonds. The summed E-state index contributed by atoms with van der Waals surface area (Å²) in [5, 5.41) is 20.4. The largest absolute Gasteiger partial charge is 0.407 e. The fraction of sp³-hybridized carbons (Fsp3) is 0.833. The van der Waals surface area contributed by atoms with E-state index < -0.39 is 0 Å². The van der Waals surface area contributed by atoms with Crippen LogP contribution in [0.25, 0.3) is 0 Å². The van der Waals surface area contributed by atoms with Crippen molar-refractivity contribution >= 4 is 6.01 Å². The Balaban J connectivity index is 1.87. The summed E-state index contributed by atoms with van der Waals surface area (Å²) >= 11 is 0. The normalized spacial score (nSPS) is 15.3. The quantitative estimate of drug-likeness (QED) is 0.714. The van der Waals surface area contributed by atoms with Gasteiger partial charge in [0.15, 0.2) is 0 Å². The van der Waals surface area contributed by atoms with Crippen LogP contribution in [-0.2, 0) is 6.54 Å². The topological polar surface area (TPSA) is 74.4 Å². The van der Waals surface area contributed by atoms with Crippen LogP contribution in [-0.4, -0.2) is 41.0 Å². The van der Waals surface area contributed by atoms with Crippen molar-refractivity contribution in [3.63, 3.8) is 0 Å². The molecule has 6 heteroatoms. The molecule has 1 aromatic heterocycles. The van der Waals surface area contributed by atoms with Crippen molar-refractivity contribution in [3.8, 4) is 0 Å². The number of nitrogens with one attached hydrogen (secondary N) is 1. The first-order chi connectivity index (χ1) is 8.70. The first kappa shape index (κ1) is 13.3. The van der Waals surface area contributed by atoms with Crippen LogP contribution in [0.15, 0.2) is 4.42 Å². The number of anilines is 1. The summed E-state index contributed by atoms with van der Waals surface area (Å²) in [5.41, 5.74) is 0. The summed E-state index contributed by atoms with van der Waals surface area (Å²) < 4.78 is 5.61. The zero-order valence-corrected chi connectivity index (χ0v) is 11.1. The lowest BCUT2D eigenvalue weighted by Crippen LogP contribution is -2.29. The fourth-order valence-electron chi connectivity index (χ4n) is 1.83. The van der Waals surface area contributed by atoms with Gasteiger partial charge in [0.25, 0.3) is 0 Å². The molecule has 0 saturated heterocycles. The molecule has 1 aromatic rings. The second kappa shape index (κ2) is 6.15. The van der Waals surface area contributed by atoms with Crippen molar-refractivity contribution < 1.29 is 9.52 Å². The molecule has 1 saturated carbocycles. The Morgan fingerprint density at radius 1 is 1.44 bits per heavy atom. The third kappa shape index (κ3) is 3.68. The van der Waals surface area contributed by atoms with Gasteiger partial charge in [-0.3, -0.25) is 0 Å². The Kier molecular flexibility index (Phi) is 4.54. The van der Waals surface area contributed by atoms with Gasteiger partial charge in [-0.25, -0.2) is 0 Å². The molecule has 0 aliphatic heterocycles. The Hall–Kier alpha value is -1.14. The predicted octanol–water partition coefficient (Wildman–Crippen LogP) is 0.776. The molecule has 102 valence electrons. The number of hydrogen-bond acceptors (Lipinski definition) is 6. The number of aromatic nitrogens is 2. The maximum atomic E-state index is 9.04. The van der Waals surface area contributed by atoms with Gasteiger partial charge >= 0.3 is 6.01 Å². The Labute approximate surface area is 107 Å². The highest BCUT2D eigenvalue weighted by Crippen LogP contribution is 2.30. The van der Waals surface area contributed by atoms with Crippen LogP contribution in [0.5, 0.6) is 0 Å². The number of nitrogens with zero attached hydrogens (tertiary/aromatic N) is 3. The van der Waals surface area contributed by atoms with Crippen LogP contribution >= 0.6 is 0 Å². The molecule has 0 aromatic carbocycles. The highest BCUT2D eigenvalue weighted by Gasteiger charge is 2.31. The first-order valence-corrected chi connectivity index (χ1v) is 6.61. The van der Waals surface area contributed by atoms with Crippen LogP contribution in [0.3, 0.4) is 0 Å². The molecule has 1 aliphatic rings. The number of hydrogen-bond donors (Lipinski definition) is 2. The summed E-state index contributed by atoms with van der Waals surface area (Å²) in [5.74, 6) is 1.21. The van der Waals surface area contributed by atoms with Gasteiger partial charge in [-0.15, -0.1) is 5.10 Å². The van der Waals surface area contributed by atoms with Gasteiger partial charge in [-0.1, -0.05) is 18.9 Å². The van der Waals surface area contributed by atoms with Gasteiger partial charge < -0.3 is 19.7 Å². The maximum absolute atomic E-state index is 9.04. The highest BCUT2D eigenvalue weighted by molar-refractivity contribution is 5.29. The molecular formula is C12H22N4O2. The van der Waals surface area contributed by atoms with Crippen molar-refractivity contribution in [1.29, 1.82) is 0 Å². The molecular weight excluding hydrogens is 232 g/mol. The van der Waals surface area contributed by atoms with Crippen LogP contribution in [0.2, 0.25) is 0 Å². The minimum absolute atomic E-state index is 0.111. The number of rotatable bonds is 8. The summed E-state index contributed by atoms with van der Waals surface area (Å²) in [6.07, 6.45) is 2.28. The Bertz CT molecular complexity index is 363. The van der Waals surface area contributed by atoms with Crippen molar-refractivity contribution in [2.24, 2.45) is 5.92 Å². The summed E-state index contributed by atoms with van der Waals surface area (Å²) in [7, 11) is 0. The van der Waals surface area contributed by atoms with E-state index in [9.17, 15) is 0 Å². The van der Waals surface area contributed by atoms with Crippen molar-refractivity contribution in [2.75, 3.05) is 24.6 Å². The molecule has 1 heterocycles. The predicted molar refractivity (Wildman–Crippen MR) is 68.3 cm³/mol. The third-order valence-electron chi connectivity index (χ3n) is 2.86. The molecule has 6 nitrogen and oxygen atoms in total. The summed E-state index contributed by atoms with van der Waals surface area (Å²) in [4.78, 5) is 2.00. The molecule has 0 unspecified atom stereocenters. The minimum atomic E-state index is 0.111. The van der Waals surface area contributed by atoms with E-state index in [1.54, 1.807) is 0 Å². The van der Waals surface area contributed by atoms with E-state index in [1.807, 2.05) is 4.90 Å². The molecule has 0 atom stereocenters. The second-order valence-electron chi connectivity index (χ2n) is 5.15. The van der Waals surface area contributed by atoms with Gasteiger partial charge in [-0.2, -0.15) is 0 Å². The molecule has 18 heavy (non-hydrogen) atoms. The average Bonchev–Trinajstić information content (AvgIpc) is 3.06. The third-order valence-corrected chi connectivity index (χ3v) is 2.86. The summed E-state index contributed by atoms with van der Waals surface area (Å²) in [6, 6.07) is 1.00. The molecule has 0 spiro atoms. The van der Waals surface area contributed by atoms with E-state index in [4.69, 9.17) is 9.52 Å².